The van der Waals surface area contributed by atoms with E-state index in [1.54, 1.807) is 0 Å². The highest BCUT2D eigenvalue weighted by molar-refractivity contribution is 6.69. The lowest BCUT2D eigenvalue weighted by Crippen LogP contribution is -2.57. The quantitative estimate of drug-likeness (QED) is 0.451. The van der Waals surface area contributed by atoms with Gasteiger partial charge in [0, 0.05) is 18.3 Å². The van der Waals surface area contributed by atoms with Crippen molar-refractivity contribution in [3.8, 4) is 12.3 Å². The number of carbonyl (C=O) groups is 1. The van der Waals surface area contributed by atoms with Gasteiger partial charge in [0.2, 0.25) is 0 Å². The second-order valence-corrected chi connectivity index (χ2v) is 15.4. The summed E-state index contributed by atoms with van der Waals surface area (Å²) in [5.74, 6) is 7.63. The van der Waals surface area contributed by atoms with Gasteiger partial charge in [-0.05, 0) is 101 Å². The molecule has 0 aliphatic heterocycles. The first-order valence-electron chi connectivity index (χ1n) is 11.4. The molecule has 0 aromatic heterocycles. The van der Waals surface area contributed by atoms with Crippen molar-refractivity contribution in [1.82, 2.24) is 0 Å². The third-order valence-corrected chi connectivity index (χ3v) is 9.89. The molecule has 0 aromatic carbocycles. The summed E-state index contributed by atoms with van der Waals surface area (Å²) in [6, 6.07) is 0. The molecule has 4 saturated carbocycles. The zero-order chi connectivity index (χ0) is 19.4. The summed E-state index contributed by atoms with van der Waals surface area (Å²) in [4.78, 5) is 12.0. The Labute approximate surface area is 167 Å². The maximum Gasteiger partial charge on any atom is 0.185 e. The molecule has 1 unspecified atom stereocenters. The van der Waals surface area contributed by atoms with Crippen molar-refractivity contribution in [1.29, 1.82) is 0 Å². The Balaban J connectivity index is 1.64. The number of Topliss-reactive ketones (excluding diaryl/α,β-unsaturated/α-hetero) is 1. The Kier molecular flexibility index (Phi) is 4.92. The molecule has 4 rings (SSSR count). The van der Waals surface area contributed by atoms with Crippen LogP contribution in [0.5, 0.6) is 0 Å². The molecule has 27 heavy (non-hydrogen) atoms. The summed E-state index contributed by atoms with van der Waals surface area (Å²) < 4.78 is 6.86. The summed E-state index contributed by atoms with van der Waals surface area (Å²) in [5.41, 5.74) is -0.151. The summed E-state index contributed by atoms with van der Waals surface area (Å²) in [6.45, 7) is 9.24. The Bertz CT molecular complexity index is 644. The highest BCUT2D eigenvalue weighted by Gasteiger charge is 2.65. The van der Waals surface area contributed by atoms with Crippen LogP contribution in [0.15, 0.2) is 0 Å². The number of ketones is 1. The van der Waals surface area contributed by atoms with Crippen molar-refractivity contribution in [2.45, 2.75) is 96.4 Å². The molecule has 7 atom stereocenters. The van der Waals surface area contributed by atoms with Crippen LogP contribution in [0.4, 0.5) is 0 Å². The minimum absolute atomic E-state index is 0.181. The zero-order valence-electron chi connectivity index (χ0n) is 17.9. The highest BCUT2D eigenvalue weighted by atomic mass is 28.4. The lowest BCUT2D eigenvalue weighted by Gasteiger charge is -2.58. The minimum atomic E-state index is -1.71. The fourth-order valence-electron chi connectivity index (χ4n) is 8.12. The predicted molar refractivity (Wildman–Crippen MR) is 113 cm³/mol. The average molecular weight is 387 g/mol. The van der Waals surface area contributed by atoms with Crippen LogP contribution in [0.3, 0.4) is 0 Å². The van der Waals surface area contributed by atoms with Crippen molar-refractivity contribution in [3.05, 3.63) is 0 Å². The Morgan fingerprint density at radius 2 is 1.85 bits per heavy atom. The zero-order valence-corrected chi connectivity index (χ0v) is 18.9. The van der Waals surface area contributed by atoms with Gasteiger partial charge in [-0.3, -0.25) is 4.79 Å². The average Bonchev–Trinajstić information content (AvgIpc) is 2.94. The molecular formula is C24H38O2Si. The summed E-state index contributed by atoms with van der Waals surface area (Å²) in [5, 5.41) is 0. The normalized spacial score (nSPS) is 46.9. The number of hydrogen-bond acceptors (Lipinski definition) is 2. The molecule has 4 aliphatic carbocycles. The van der Waals surface area contributed by atoms with Crippen LogP contribution in [0.25, 0.3) is 0 Å². The van der Waals surface area contributed by atoms with E-state index in [2.05, 4.69) is 32.5 Å². The van der Waals surface area contributed by atoms with Gasteiger partial charge in [-0.2, -0.15) is 0 Å². The lowest BCUT2D eigenvalue weighted by atomic mass is 9.48. The largest absolute Gasteiger partial charge is 0.401 e. The molecule has 4 aliphatic rings. The third-order valence-electron chi connectivity index (χ3n) is 8.93. The molecule has 0 bridgehead atoms. The molecule has 3 heteroatoms. The smallest absolute Gasteiger partial charge is 0.185 e. The molecule has 2 nitrogen and oxygen atoms in total. The van der Waals surface area contributed by atoms with E-state index < -0.39 is 8.32 Å². The van der Waals surface area contributed by atoms with Crippen LogP contribution >= 0.6 is 0 Å². The molecular weight excluding hydrogens is 348 g/mol. The monoisotopic (exact) mass is 386 g/mol. The van der Waals surface area contributed by atoms with E-state index in [1.807, 2.05) is 0 Å². The number of rotatable bonds is 3. The van der Waals surface area contributed by atoms with Gasteiger partial charge in [-0.25, -0.2) is 0 Å². The van der Waals surface area contributed by atoms with Gasteiger partial charge < -0.3 is 4.43 Å². The van der Waals surface area contributed by atoms with E-state index in [9.17, 15) is 4.79 Å². The highest BCUT2D eigenvalue weighted by Crippen LogP contribution is 2.67. The molecule has 0 N–H and O–H groups in total. The van der Waals surface area contributed by atoms with Gasteiger partial charge >= 0.3 is 0 Å². The molecule has 0 aromatic rings. The molecule has 0 heterocycles. The van der Waals surface area contributed by atoms with Gasteiger partial charge in [0.25, 0.3) is 0 Å². The molecule has 0 radical (unpaired) electrons. The van der Waals surface area contributed by atoms with Crippen LogP contribution in [0.2, 0.25) is 19.6 Å². The second kappa shape index (κ2) is 6.73. The first-order chi connectivity index (χ1) is 12.8. The van der Waals surface area contributed by atoms with E-state index in [-0.39, 0.29) is 11.0 Å². The van der Waals surface area contributed by atoms with E-state index in [4.69, 9.17) is 10.8 Å². The molecule has 150 valence electrons. The third kappa shape index (κ3) is 2.97. The van der Waals surface area contributed by atoms with Crippen LogP contribution in [-0.2, 0) is 9.22 Å². The van der Waals surface area contributed by atoms with Crippen molar-refractivity contribution in [3.63, 3.8) is 0 Å². The van der Waals surface area contributed by atoms with Crippen LogP contribution in [0, 0.1) is 47.3 Å². The first-order valence-corrected chi connectivity index (χ1v) is 14.9. The number of terminal acetylenes is 1. The topological polar surface area (TPSA) is 26.3 Å². The van der Waals surface area contributed by atoms with Crippen molar-refractivity contribution in [2.24, 2.45) is 35.0 Å². The van der Waals surface area contributed by atoms with E-state index in [1.165, 1.54) is 32.1 Å². The molecule has 4 fully saturated rings. The van der Waals surface area contributed by atoms with Gasteiger partial charge in [-0.1, -0.05) is 12.8 Å². The fraction of sp³-hybridized carbons (Fsp3) is 0.875. The summed E-state index contributed by atoms with van der Waals surface area (Å²) in [6.07, 6.45) is 17.7. The number of hydrogen-bond donors (Lipinski definition) is 0. The fourth-order valence-corrected chi connectivity index (χ4v) is 9.53. The Morgan fingerprint density at radius 1 is 1.07 bits per heavy atom. The molecule has 0 amide bonds. The standard InChI is InChI=1S/C24H38O2Si/c1-6-23-14-12-20-19-11-9-18(25)16-17(19)8-10-21(20)22(23)13-15-24(23,7-2)26-27(3,4)5/h2,17,19-22H,6,8-16H2,1,3-5H3/t17-,19+,20-,21-,22+,23+,24?/m1/s1. The Hall–Kier alpha value is -0.593. The van der Waals surface area contributed by atoms with Crippen LogP contribution in [-0.4, -0.2) is 19.7 Å². The SMILES string of the molecule is C#CC1(O[Si](C)(C)C)CC[C@H]2[C@@H]3CC[C@@H]4CC(=O)CC[C@@H]4[C@H]3CC[C@@]21CC. The van der Waals surface area contributed by atoms with Gasteiger partial charge in [0.15, 0.2) is 8.32 Å². The molecule has 0 spiro atoms. The van der Waals surface area contributed by atoms with E-state index >= 15 is 0 Å². The second-order valence-electron chi connectivity index (χ2n) is 11.0. The summed E-state index contributed by atoms with van der Waals surface area (Å²) >= 11 is 0. The van der Waals surface area contributed by atoms with E-state index in [0.717, 1.165) is 55.8 Å². The molecule has 0 saturated heterocycles. The predicted octanol–water partition coefficient (Wildman–Crippen LogP) is 5.82. The minimum Gasteiger partial charge on any atom is -0.401 e. The first kappa shape index (κ1) is 19.7. The van der Waals surface area contributed by atoms with Crippen LogP contribution < -0.4 is 0 Å². The summed E-state index contributed by atoms with van der Waals surface area (Å²) in [7, 11) is -1.71. The van der Waals surface area contributed by atoms with Gasteiger partial charge in [0.1, 0.15) is 11.4 Å². The lowest BCUT2D eigenvalue weighted by molar-refractivity contribution is -0.131. The Morgan fingerprint density at radius 3 is 2.52 bits per heavy atom. The number of fused-ring (bicyclic) bond motifs is 5. The van der Waals surface area contributed by atoms with Crippen LogP contribution in [0.1, 0.15) is 71.1 Å². The maximum absolute atomic E-state index is 12.0. The maximum atomic E-state index is 12.0. The van der Waals surface area contributed by atoms with Gasteiger partial charge in [-0.15, -0.1) is 6.42 Å². The van der Waals surface area contributed by atoms with Crippen molar-refractivity contribution in [2.75, 3.05) is 0 Å². The van der Waals surface area contributed by atoms with Crippen molar-refractivity contribution >= 4 is 14.1 Å². The van der Waals surface area contributed by atoms with Gasteiger partial charge in [0.05, 0.1) is 0 Å². The number of carbonyl (C=O) groups excluding carboxylic acids is 1. The van der Waals surface area contributed by atoms with Crippen molar-refractivity contribution < 1.29 is 9.22 Å². The van der Waals surface area contributed by atoms with E-state index in [0.29, 0.717) is 11.7 Å².